The maximum absolute atomic E-state index is 12.4. The Morgan fingerprint density at radius 3 is 1.93 bits per heavy atom. The van der Waals surface area contributed by atoms with Gasteiger partial charge in [0.2, 0.25) is 5.91 Å². The van der Waals surface area contributed by atoms with E-state index in [1.807, 2.05) is 13.8 Å². The number of nitrogens with two attached hydrogens (primary N) is 2. The topological polar surface area (TPSA) is 256 Å². The number of aromatic nitrogens is 2. The highest BCUT2D eigenvalue weighted by molar-refractivity contribution is 5.95. The summed E-state index contributed by atoms with van der Waals surface area (Å²) in [5.41, 5.74) is 14.0. The molecule has 10 N–H and O–H groups in total. The number of carbonyl (C=O) groups is 4. The highest BCUT2D eigenvalue weighted by atomic mass is 19.4. The van der Waals surface area contributed by atoms with Crippen LogP contribution in [-0.4, -0.2) is 75.3 Å². The molecule has 3 rings (SSSR count). The van der Waals surface area contributed by atoms with Gasteiger partial charge in [-0.2, -0.15) is 26.3 Å². The van der Waals surface area contributed by atoms with E-state index in [2.05, 4.69) is 20.9 Å². The Labute approximate surface area is 306 Å². The van der Waals surface area contributed by atoms with Crippen LogP contribution in [0.15, 0.2) is 59.5 Å². The second-order valence-electron chi connectivity index (χ2n) is 10.5. The molecule has 3 aromatic rings. The van der Waals surface area contributed by atoms with Gasteiger partial charge in [-0.1, -0.05) is 44.2 Å². The van der Waals surface area contributed by atoms with Crippen LogP contribution in [-0.2, 0) is 27.5 Å². The van der Waals surface area contributed by atoms with E-state index in [1.165, 1.54) is 4.57 Å². The molecular weight excluding hydrogens is 734 g/mol. The minimum atomic E-state index is -5.08. The number of halogens is 6. The van der Waals surface area contributed by atoms with E-state index in [1.54, 1.807) is 61.7 Å². The zero-order valence-corrected chi connectivity index (χ0v) is 29.8. The van der Waals surface area contributed by atoms with Gasteiger partial charge in [-0.3, -0.25) is 29.2 Å². The minimum absolute atomic E-state index is 0.000565. The lowest BCUT2D eigenvalue weighted by molar-refractivity contribution is -0.192. The number of carbonyl (C=O) groups excluding carboxylic acids is 2. The third-order valence-electron chi connectivity index (χ3n) is 5.78. The summed E-state index contributed by atoms with van der Waals surface area (Å²) < 4.78 is 64.2. The number of aryl methyl sites for hydroxylation is 1. The number of amides is 2. The summed E-state index contributed by atoms with van der Waals surface area (Å²) in [7, 11) is 0. The van der Waals surface area contributed by atoms with E-state index in [4.69, 9.17) is 36.7 Å². The Morgan fingerprint density at radius 1 is 0.963 bits per heavy atom. The SMILES string of the molecule is CC(F)(F)F.CCCNC(=O)c1cccc(N)c1.CCCNc1ncc(C)n(CC(=O)NCc2ccc(C(=N)N)cc2)c1=O.O=C(O)C(F)(F)F.O=CO. The first kappa shape index (κ1) is 50.0. The number of hydrogen-bond acceptors (Lipinski definition) is 9. The van der Waals surface area contributed by atoms with Crippen LogP contribution in [0.4, 0.5) is 37.8 Å². The standard InChI is InChI=1S/C18H24N6O2.C10H14N2O.C2HF3O2.C2H3F3.CH2O2/c1-3-8-21-17-18(26)24(12(2)9-23-17)11-15(25)22-10-13-4-6-14(7-5-13)16(19)20;1-2-6-12-10(13)8-4-3-5-9(11)7-8;3-2(4,5)1(6)7;1-2(3,4)5;2-1-3/h4-7,9H,3,8,10-11H2,1-2H3,(H3,19,20)(H,21,23)(H,22,25);3-5,7H,2,6,11H2,1H3,(H,12,13);(H,6,7);1H3;1H,(H,2,3). The van der Waals surface area contributed by atoms with E-state index in [9.17, 15) is 40.7 Å². The normalized spacial score (nSPS) is 10.1. The Bertz CT molecular complexity index is 1680. The van der Waals surface area contributed by atoms with Crippen LogP contribution in [0.25, 0.3) is 0 Å². The van der Waals surface area contributed by atoms with Gasteiger partial charge in [0.1, 0.15) is 12.4 Å². The number of carboxylic acids is 1. The van der Waals surface area contributed by atoms with Crippen molar-refractivity contribution in [1.29, 1.82) is 5.41 Å². The molecule has 0 atom stereocenters. The van der Waals surface area contributed by atoms with E-state index in [-0.39, 0.29) is 49.0 Å². The lowest BCUT2D eigenvalue weighted by Gasteiger charge is -2.12. The number of anilines is 2. The van der Waals surface area contributed by atoms with Gasteiger partial charge in [0.25, 0.3) is 17.9 Å². The second kappa shape index (κ2) is 25.7. The lowest BCUT2D eigenvalue weighted by atomic mass is 10.1. The van der Waals surface area contributed by atoms with Crippen molar-refractivity contribution in [3.8, 4) is 0 Å². The van der Waals surface area contributed by atoms with Crippen LogP contribution >= 0.6 is 0 Å². The van der Waals surface area contributed by atoms with Crippen molar-refractivity contribution in [2.45, 2.75) is 66.0 Å². The molecule has 0 spiro atoms. The Hall–Kier alpha value is -6.15. The van der Waals surface area contributed by atoms with Crippen molar-refractivity contribution in [3.63, 3.8) is 0 Å². The van der Waals surface area contributed by atoms with Crippen molar-refractivity contribution in [2.24, 2.45) is 5.73 Å². The number of amidine groups is 1. The van der Waals surface area contributed by atoms with Gasteiger partial charge in [-0.15, -0.1) is 0 Å². The molecule has 0 bridgehead atoms. The smallest absolute Gasteiger partial charge is 0.483 e. The molecule has 0 unspecified atom stereocenters. The van der Waals surface area contributed by atoms with E-state index in [0.717, 1.165) is 18.4 Å². The number of carboxylic acid groups (broad SMARTS) is 2. The molecule has 2 amide bonds. The molecule has 2 aromatic carbocycles. The van der Waals surface area contributed by atoms with Crippen LogP contribution in [0.5, 0.6) is 0 Å². The third-order valence-corrected chi connectivity index (χ3v) is 5.78. The zero-order chi connectivity index (χ0) is 42.1. The largest absolute Gasteiger partial charge is 0.490 e. The number of aliphatic carboxylic acids is 1. The number of nitrogens with one attached hydrogen (secondary N) is 4. The molecule has 21 heteroatoms. The molecular formula is C33H44F6N8O7. The number of rotatable bonds is 11. The maximum atomic E-state index is 12.4. The molecule has 15 nitrogen and oxygen atoms in total. The van der Waals surface area contributed by atoms with Crippen LogP contribution in [0, 0.1) is 12.3 Å². The molecule has 0 aliphatic rings. The third kappa shape index (κ3) is 24.1. The fourth-order valence-corrected chi connectivity index (χ4v) is 3.35. The maximum Gasteiger partial charge on any atom is 0.490 e. The van der Waals surface area contributed by atoms with Crippen molar-refractivity contribution in [2.75, 3.05) is 24.1 Å². The summed E-state index contributed by atoms with van der Waals surface area (Å²) in [6.07, 6.45) is -5.70. The Kier molecular flexibility index (Phi) is 23.8. The molecule has 1 aromatic heterocycles. The minimum Gasteiger partial charge on any atom is -0.483 e. The average molecular weight is 779 g/mol. The molecule has 1 heterocycles. The van der Waals surface area contributed by atoms with Crippen molar-refractivity contribution >= 4 is 41.6 Å². The molecule has 0 radical (unpaired) electrons. The molecule has 54 heavy (non-hydrogen) atoms. The average Bonchev–Trinajstić information content (AvgIpc) is 3.07. The molecule has 0 saturated heterocycles. The van der Waals surface area contributed by atoms with Gasteiger partial charge >= 0.3 is 18.3 Å². The Morgan fingerprint density at radius 2 is 1.48 bits per heavy atom. The number of alkyl halides is 6. The van der Waals surface area contributed by atoms with E-state index >= 15 is 0 Å². The quantitative estimate of drug-likeness (QED) is 0.0448. The predicted octanol–water partition coefficient (Wildman–Crippen LogP) is 4.29. The summed E-state index contributed by atoms with van der Waals surface area (Å²) in [5, 5.41) is 29.9. The lowest BCUT2D eigenvalue weighted by Crippen LogP contribution is -2.34. The van der Waals surface area contributed by atoms with Gasteiger partial charge < -0.3 is 37.6 Å². The second-order valence-corrected chi connectivity index (χ2v) is 10.5. The highest BCUT2D eigenvalue weighted by Crippen LogP contribution is 2.13. The van der Waals surface area contributed by atoms with E-state index < -0.39 is 18.3 Å². The first-order valence-corrected chi connectivity index (χ1v) is 15.6. The van der Waals surface area contributed by atoms with Gasteiger partial charge in [-0.25, -0.2) is 9.78 Å². The monoisotopic (exact) mass is 778 g/mol. The summed E-state index contributed by atoms with van der Waals surface area (Å²) in [4.78, 5) is 57.4. The summed E-state index contributed by atoms with van der Waals surface area (Å²) in [5.74, 6) is -2.83. The molecule has 0 fully saturated rings. The van der Waals surface area contributed by atoms with Crippen LogP contribution in [0.3, 0.4) is 0 Å². The van der Waals surface area contributed by atoms with Gasteiger partial charge in [0.15, 0.2) is 5.82 Å². The van der Waals surface area contributed by atoms with Crippen LogP contribution in [0.2, 0.25) is 0 Å². The predicted molar refractivity (Wildman–Crippen MR) is 189 cm³/mol. The number of benzene rings is 2. The van der Waals surface area contributed by atoms with Gasteiger partial charge in [0, 0.05) is 55.3 Å². The summed E-state index contributed by atoms with van der Waals surface area (Å²) in [6.45, 7) is 7.30. The number of nitrogen functional groups attached to an aromatic ring is 2. The molecule has 300 valence electrons. The van der Waals surface area contributed by atoms with E-state index in [0.29, 0.717) is 42.1 Å². The van der Waals surface area contributed by atoms with Crippen molar-refractivity contribution in [3.05, 3.63) is 87.5 Å². The first-order chi connectivity index (χ1) is 25.0. The van der Waals surface area contributed by atoms with Crippen molar-refractivity contribution < 1.29 is 55.7 Å². The summed E-state index contributed by atoms with van der Waals surface area (Å²) in [6, 6.07) is 14.0. The van der Waals surface area contributed by atoms with Gasteiger partial charge in [-0.05, 0) is 43.5 Å². The first-order valence-electron chi connectivity index (χ1n) is 15.6. The fourth-order valence-electron chi connectivity index (χ4n) is 3.35. The summed E-state index contributed by atoms with van der Waals surface area (Å²) >= 11 is 0. The fraction of sp³-hybridized carbons (Fsp3) is 0.364. The number of nitrogens with zero attached hydrogens (tertiary/aromatic N) is 2. The van der Waals surface area contributed by atoms with Gasteiger partial charge in [0.05, 0.1) is 0 Å². The van der Waals surface area contributed by atoms with Crippen LogP contribution < -0.4 is 33.0 Å². The highest BCUT2D eigenvalue weighted by Gasteiger charge is 2.38. The zero-order valence-electron chi connectivity index (χ0n) is 29.8. The molecule has 0 saturated carbocycles. The molecule has 0 aliphatic heterocycles. The molecule has 0 aliphatic carbocycles. The van der Waals surface area contributed by atoms with Crippen molar-refractivity contribution in [1.82, 2.24) is 20.2 Å². The Balaban J connectivity index is 0. The van der Waals surface area contributed by atoms with Crippen LogP contribution in [0.1, 0.15) is 60.8 Å². The number of hydrogen-bond donors (Lipinski definition) is 8.